The summed E-state index contributed by atoms with van der Waals surface area (Å²) in [6.07, 6.45) is 1.62. The van der Waals surface area contributed by atoms with Gasteiger partial charge in [-0.2, -0.15) is 0 Å². The van der Waals surface area contributed by atoms with E-state index in [1.807, 2.05) is 6.92 Å². The van der Waals surface area contributed by atoms with Crippen molar-refractivity contribution in [1.82, 2.24) is 0 Å². The number of alkyl halides is 1. The van der Waals surface area contributed by atoms with E-state index in [0.717, 1.165) is 10.9 Å². The van der Waals surface area contributed by atoms with Crippen molar-refractivity contribution in [3.63, 3.8) is 0 Å². The molecule has 0 aromatic heterocycles. The fourth-order valence-corrected chi connectivity index (χ4v) is 0.547. The number of rotatable bonds is 2. The fraction of sp³-hybridized carbons (Fsp3) is 0.500. The van der Waals surface area contributed by atoms with Gasteiger partial charge in [0.15, 0.2) is 5.78 Å². The molecular formula is C6H9BrO. The van der Waals surface area contributed by atoms with Gasteiger partial charge in [0, 0.05) is 5.33 Å². The molecule has 0 N–H and O–H groups in total. The van der Waals surface area contributed by atoms with Crippen molar-refractivity contribution in [2.45, 2.75) is 13.8 Å². The lowest BCUT2D eigenvalue weighted by Gasteiger charge is -1.87. The molecule has 0 amide bonds. The molecule has 0 aliphatic heterocycles. The molecule has 0 atom stereocenters. The van der Waals surface area contributed by atoms with Crippen molar-refractivity contribution in [3.05, 3.63) is 11.6 Å². The third-order valence-corrected chi connectivity index (χ3v) is 1.54. The maximum Gasteiger partial charge on any atom is 0.152 e. The molecule has 0 saturated heterocycles. The Morgan fingerprint density at radius 2 is 2.12 bits per heavy atom. The van der Waals surface area contributed by atoms with Crippen LogP contribution in [0.5, 0.6) is 0 Å². The summed E-state index contributed by atoms with van der Waals surface area (Å²) in [5, 5.41) is 0.784. The topological polar surface area (TPSA) is 17.1 Å². The first-order chi connectivity index (χ1) is 3.66. The van der Waals surface area contributed by atoms with Crippen molar-refractivity contribution < 1.29 is 4.79 Å². The number of hydrogen-bond acceptors (Lipinski definition) is 1. The third-order valence-electron chi connectivity index (χ3n) is 0.660. The number of ketones is 1. The maximum absolute atomic E-state index is 10.3. The summed E-state index contributed by atoms with van der Waals surface area (Å²) in [5.41, 5.74) is 1.07. The van der Waals surface area contributed by atoms with Crippen LogP contribution >= 0.6 is 15.9 Å². The van der Waals surface area contributed by atoms with E-state index in [1.54, 1.807) is 13.0 Å². The van der Waals surface area contributed by atoms with Gasteiger partial charge in [0.2, 0.25) is 0 Å². The van der Waals surface area contributed by atoms with Crippen molar-refractivity contribution in [3.8, 4) is 0 Å². The highest BCUT2D eigenvalue weighted by Gasteiger charge is 1.86. The Balaban J connectivity index is 3.75. The summed E-state index contributed by atoms with van der Waals surface area (Å²) in [7, 11) is 0. The monoisotopic (exact) mass is 176 g/mol. The molecule has 0 bridgehead atoms. The summed E-state index contributed by atoms with van der Waals surface area (Å²) in [6.45, 7) is 3.46. The SMILES string of the molecule is CC(=O)/C=C(\C)CBr. The lowest BCUT2D eigenvalue weighted by atomic mass is 10.3. The van der Waals surface area contributed by atoms with Crippen LogP contribution in [0.2, 0.25) is 0 Å². The van der Waals surface area contributed by atoms with E-state index in [1.165, 1.54) is 0 Å². The molecule has 8 heavy (non-hydrogen) atoms. The quantitative estimate of drug-likeness (QED) is 0.465. The van der Waals surface area contributed by atoms with Crippen LogP contribution in [0.1, 0.15) is 13.8 Å². The Morgan fingerprint density at radius 1 is 1.62 bits per heavy atom. The van der Waals surface area contributed by atoms with Gasteiger partial charge in [0.25, 0.3) is 0 Å². The van der Waals surface area contributed by atoms with Gasteiger partial charge in [-0.3, -0.25) is 4.79 Å². The van der Waals surface area contributed by atoms with Crippen LogP contribution < -0.4 is 0 Å². The predicted molar refractivity (Wildman–Crippen MR) is 38.2 cm³/mol. The Bertz CT molecular complexity index is 116. The van der Waals surface area contributed by atoms with Crippen LogP contribution in [0.4, 0.5) is 0 Å². The molecule has 1 nitrogen and oxygen atoms in total. The molecule has 0 radical (unpaired) electrons. The smallest absolute Gasteiger partial charge is 0.152 e. The lowest BCUT2D eigenvalue weighted by molar-refractivity contribution is -0.112. The molecule has 0 spiro atoms. The first-order valence-corrected chi connectivity index (χ1v) is 3.52. The largest absolute Gasteiger partial charge is 0.295 e. The van der Waals surface area contributed by atoms with Crippen LogP contribution in [0.15, 0.2) is 11.6 Å². The van der Waals surface area contributed by atoms with Crippen molar-refractivity contribution in [2.75, 3.05) is 5.33 Å². The highest BCUT2D eigenvalue weighted by molar-refractivity contribution is 9.09. The van der Waals surface area contributed by atoms with Gasteiger partial charge in [-0.25, -0.2) is 0 Å². The predicted octanol–water partition coefficient (Wildman–Crippen LogP) is 1.92. The molecule has 0 aliphatic rings. The summed E-state index contributed by atoms with van der Waals surface area (Å²) in [6, 6.07) is 0. The molecule has 0 heterocycles. The minimum absolute atomic E-state index is 0.113. The molecular weight excluding hydrogens is 168 g/mol. The number of carbonyl (C=O) groups is 1. The molecule has 46 valence electrons. The summed E-state index contributed by atoms with van der Waals surface area (Å²) in [5.74, 6) is 0.113. The molecule has 0 aromatic carbocycles. The summed E-state index contributed by atoms with van der Waals surface area (Å²) >= 11 is 3.22. The highest BCUT2D eigenvalue weighted by Crippen LogP contribution is 1.96. The average Bonchev–Trinajstić information content (AvgIpc) is 1.65. The Morgan fingerprint density at radius 3 is 2.25 bits per heavy atom. The van der Waals surface area contributed by atoms with Crippen molar-refractivity contribution in [1.29, 1.82) is 0 Å². The van der Waals surface area contributed by atoms with E-state index in [-0.39, 0.29) is 5.78 Å². The van der Waals surface area contributed by atoms with E-state index in [0.29, 0.717) is 0 Å². The van der Waals surface area contributed by atoms with Gasteiger partial charge in [-0.15, -0.1) is 0 Å². The average molecular weight is 177 g/mol. The number of allylic oxidation sites excluding steroid dienone is 2. The van der Waals surface area contributed by atoms with Gasteiger partial charge in [-0.05, 0) is 19.9 Å². The zero-order valence-electron chi connectivity index (χ0n) is 5.07. The molecule has 0 aromatic rings. The minimum Gasteiger partial charge on any atom is -0.295 e. The van der Waals surface area contributed by atoms with Crippen LogP contribution in [0, 0.1) is 0 Å². The molecule has 0 unspecified atom stereocenters. The minimum atomic E-state index is 0.113. The van der Waals surface area contributed by atoms with E-state index >= 15 is 0 Å². The standard InChI is InChI=1S/C6H9BrO/c1-5(4-7)3-6(2)8/h3H,4H2,1-2H3/b5-3+. The van der Waals surface area contributed by atoms with Gasteiger partial charge in [0.05, 0.1) is 0 Å². The molecule has 0 aliphatic carbocycles. The second-order valence-electron chi connectivity index (χ2n) is 1.73. The van der Waals surface area contributed by atoms with Gasteiger partial charge in [-0.1, -0.05) is 21.5 Å². The first kappa shape index (κ1) is 7.89. The van der Waals surface area contributed by atoms with Crippen LogP contribution in [-0.2, 0) is 4.79 Å². The lowest BCUT2D eigenvalue weighted by Crippen LogP contribution is -1.84. The first-order valence-electron chi connectivity index (χ1n) is 2.40. The molecule has 0 rings (SSSR count). The molecule has 2 heteroatoms. The van der Waals surface area contributed by atoms with Crippen LogP contribution in [-0.4, -0.2) is 11.1 Å². The van der Waals surface area contributed by atoms with E-state index in [9.17, 15) is 4.79 Å². The van der Waals surface area contributed by atoms with Crippen LogP contribution in [0.3, 0.4) is 0 Å². The van der Waals surface area contributed by atoms with Gasteiger partial charge >= 0.3 is 0 Å². The second kappa shape index (κ2) is 3.84. The van der Waals surface area contributed by atoms with Crippen LogP contribution in [0.25, 0.3) is 0 Å². The van der Waals surface area contributed by atoms with Gasteiger partial charge < -0.3 is 0 Å². The normalized spacial score (nSPS) is 11.6. The maximum atomic E-state index is 10.3. The number of hydrogen-bond donors (Lipinski definition) is 0. The van der Waals surface area contributed by atoms with Crippen molar-refractivity contribution in [2.24, 2.45) is 0 Å². The summed E-state index contributed by atoms with van der Waals surface area (Å²) in [4.78, 5) is 10.3. The zero-order valence-corrected chi connectivity index (χ0v) is 6.66. The Hall–Kier alpha value is -0.110. The van der Waals surface area contributed by atoms with E-state index in [4.69, 9.17) is 0 Å². The highest BCUT2D eigenvalue weighted by atomic mass is 79.9. The van der Waals surface area contributed by atoms with E-state index in [2.05, 4.69) is 15.9 Å². The Labute approximate surface area is 57.9 Å². The summed E-state index contributed by atoms with van der Waals surface area (Å²) < 4.78 is 0. The number of halogens is 1. The second-order valence-corrected chi connectivity index (χ2v) is 2.30. The van der Waals surface area contributed by atoms with Crippen molar-refractivity contribution >= 4 is 21.7 Å². The zero-order chi connectivity index (χ0) is 6.57. The fourth-order valence-electron chi connectivity index (χ4n) is 0.386. The third kappa shape index (κ3) is 4.06. The Kier molecular flexibility index (Phi) is 3.79. The van der Waals surface area contributed by atoms with E-state index < -0.39 is 0 Å². The van der Waals surface area contributed by atoms with Gasteiger partial charge in [0.1, 0.15) is 0 Å². The molecule has 0 saturated carbocycles. The molecule has 0 fully saturated rings. The number of carbonyl (C=O) groups excluding carboxylic acids is 1.